The molecule has 0 saturated carbocycles. The van der Waals surface area contributed by atoms with Crippen molar-refractivity contribution < 1.29 is 18.6 Å². The maximum atomic E-state index is 14.4. The van der Waals surface area contributed by atoms with Crippen LogP contribution in [0.15, 0.2) is 42.5 Å². The lowest BCUT2D eigenvalue weighted by Gasteiger charge is -2.29. The Labute approximate surface area is 167 Å². The second-order valence-electron chi connectivity index (χ2n) is 7.48. The average Bonchev–Trinajstić information content (AvgIpc) is 2.72. The fourth-order valence-electron chi connectivity index (χ4n) is 3.50. The summed E-state index contributed by atoms with van der Waals surface area (Å²) in [6, 6.07) is 13.1. The maximum absolute atomic E-state index is 14.4. The van der Waals surface area contributed by atoms with E-state index in [1.54, 1.807) is 6.07 Å². The predicted octanol–water partition coefficient (Wildman–Crippen LogP) is 6.00. The molecule has 1 heterocycles. The number of rotatable bonds is 9. The van der Waals surface area contributed by atoms with Gasteiger partial charge in [0.25, 0.3) is 0 Å². The van der Waals surface area contributed by atoms with E-state index in [4.69, 9.17) is 14.2 Å². The van der Waals surface area contributed by atoms with Gasteiger partial charge in [-0.05, 0) is 42.5 Å². The molecule has 0 spiro atoms. The van der Waals surface area contributed by atoms with Crippen LogP contribution in [-0.2, 0) is 15.9 Å². The van der Waals surface area contributed by atoms with Gasteiger partial charge < -0.3 is 14.2 Å². The lowest BCUT2D eigenvalue weighted by Crippen LogP contribution is -2.32. The molecule has 0 aliphatic carbocycles. The van der Waals surface area contributed by atoms with Crippen molar-refractivity contribution in [2.24, 2.45) is 5.92 Å². The summed E-state index contributed by atoms with van der Waals surface area (Å²) in [6.45, 7) is 6.42. The van der Waals surface area contributed by atoms with Crippen LogP contribution in [-0.4, -0.2) is 26.1 Å². The number of hydrogen-bond acceptors (Lipinski definition) is 3. The summed E-state index contributed by atoms with van der Waals surface area (Å²) >= 11 is 0. The van der Waals surface area contributed by atoms with Crippen molar-refractivity contribution >= 4 is 0 Å². The van der Waals surface area contributed by atoms with E-state index >= 15 is 0 Å². The molecule has 0 radical (unpaired) electrons. The molecule has 0 unspecified atom stereocenters. The third-order valence-corrected chi connectivity index (χ3v) is 5.08. The molecule has 0 amide bonds. The summed E-state index contributed by atoms with van der Waals surface area (Å²) in [6.07, 6.45) is 4.85. The van der Waals surface area contributed by atoms with Crippen LogP contribution >= 0.6 is 0 Å². The molecule has 0 atom stereocenters. The zero-order valence-corrected chi connectivity index (χ0v) is 17.0. The SMILES string of the molecule is CCCOc1ccc(-c2ccc(CCC3OCC(CCC)CO3)cc2)c(F)c1. The molecule has 28 heavy (non-hydrogen) atoms. The predicted molar refractivity (Wildman–Crippen MR) is 110 cm³/mol. The fourth-order valence-corrected chi connectivity index (χ4v) is 3.50. The minimum atomic E-state index is -0.257. The van der Waals surface area contributed by atoms with Gasteiger partial charge in [-0.2, -0.15) is 0 Å². The zero-order chi connectivity index (χ0) is 19.8. The highest BCUT2D eigenvalue weighted by Gasteiger charge is 2.21. The first-order valence-electron chi connectivity index (χ1n) is 10.4. The first-order valence-corrected chi connectivity index (χ1v) is 10.4. The molecule has 1 aliphatic heterocycles. The van der Waals surface area contributed by atoms with Crippen molar-refractivity contribution in [2.75, 3.05) is 19.8 Å². The Morgan fingerprint density at radius 2 is 1.71 bits per heavy atom. The highest BCUT2D eigenvalue weighted by molar-refractivity contribution is 5.65. The highest BCUT2D eigenvalue weighted by Crippen LogP contribution is 2.27. The van der Waals surface area contributed by atoms with Gasteiger partial charge in [-0.3, -0.25) is 0 Å². The van der Waals surface area contributed by atoms with Crippen LogP contribution in [0.3, 0.4) is 0 Å². The molecular formula is C24H31FO3. The van der Waals surface area contributed by atoms with E-state index in [0.717, 1.165) is 44.5 Å². The van der Waals surface area contributed by atoms with Gasteiger partial charge in [-0.1, -0.05) is 44.5 Å². The molecule has 2 aromatic carbocycles. The summed E-state index contributed by atoms with van der Waals surface area (Å²) in [5, 5.41) is 0. The quantitative estimate of drug-likeness (QED) is 0.529. The van der Waals surface area contributed by atoms with Gasteiger partial charge in [-0.15, -0.1) is 0 Å². The molecular weight excluding hydrogens is 355 g/mol. The van der Waals surface area contributed by atoms with E-state index in [1.807, 2.05) is 25.1 Å². The number of halogens is 1. The van der Waals surface area contributed by atoms with Crippen molar-refractivity contribution in [2.45, 2.75) is 52.2 Å². The molecule has 3 rings (SSSR count). The molecule has 1 saturated heterocycles. The Kier molecular flexibility index (Phi) is 7.87. The van der Waals surface area contributed by atoms with Crippen LogP contribution in [0.5, 0.6) is 5.75 Å². The molecule has 3 nitrogen and oxygen atoms in total. The number of ether oxygens (including phenoxy) is 3. The van der Waals surface area contributed by atoms with Gasteiger partial charge in [0.2, 0.25) is 0 Å². The van der Waals surface area contributed by atoms with Gasteiger partial charge in [0.15, 0.2) is 6.29 Å². The van der Waals surface area contributed by atoms with Gasteiger partial charge in [-0.25, -0.2) is 4.39 Å². The van der Waals surface area contributed by atoms with Crippen LogP contribution in [0.1, 0.15) is 45.1 Å². The van der Waals surface area contributed by atoms with Crippen LogP contribution < -0.4 is 4.74 Å². The summed E-state index contributed by atoms with van der Waals surface area (Å²) in [4.78, 5) is 0. The highest BCUT2D eigenvalue weighted by atomic mass is 19.1. The van der Waals surface area contributed by atoms with Gasteiger partial charge in [0.05, 0.1) is 19.8 Å². The number of aryl methyl sites for hydroxylation is 1. The Morgan fingerprint density at radius 1 is 0.964 bits per heavy atom. The monoisotopic (exact) mass is 386 g/mol. The minimum absolute atomic E-state index is 0.110. The van der Waals surface area contributed by atoms with Crippen LogP contribution in [0.25, 0.3) is 11.1 Å². The largest absolute Gasteiger partial charge is 0.494 e. The van der Waals surface area contributed by atoms with Crippen molar-refractivity contribution in [3.8, 4) is 16.9 Å². The first kappa shape index (κ1) is 20.8. The molecule has 2 aromatic rings. The zero-order valence-electron chi connectivity index (χ0n) is 17.0. The van der Waals surface area contributed by atoms with Crippen molar-refractivity contribution in [3.05, 3.63) is 53.8 Å². The summed E-state index contributed by atoms with van der Waals surface area (Å²) in [5.74, 6) is 0.856. The Balaban J connectivity index is 1.52. The molecule has 0 N–H and O–H groups in total. The Morgan fingerprint density at radius 3 is 2.36 bits per heavy atom. The smallest absolute Gasteiger partial charge is 0.157 e. The van der Waals surface area contributed by atoms with E-state index in [2.05, 4.69) is 19.1 Å². The van der Waals surface area contributed by atoms with E-state index in [9.17, 15) is 4.39 Å². The van der Waals surface area contributed by atoms with Gasteiger partial charge >= 0.3 is 0 Å². The standard InChI is InChI=1S/C24H31FO3/c1-3-5-19-16-27-24(28-17-19)13-8-18-6-9-20(10-7-18)22-12-11-21(15-23(22)25)26-14-4-2/h6-7,9-12,15,19,24H,3-5,8,13-14,16-17H2,1-2H3. The van der Waals surface area contributed by atoms with E-state index in [0.29, 0.717) is 23.8 Å². The lowest BCUT2D eigenvalue weighted by molar-refractivity contribution is -0.203. The second-order valence-corrected chi connectivity index (χ2v) is 7.48. The molecule has 1 fully saturated rings. The van der Waals surface area contributed by atoms with Crippen LogP contribution in [0.4, 0.5) is 4.39 Å². The number of hydrogen-bond donors (Lipinski definition) is 0. The first-order chi connectivity index (χ1) is 13.7. The molecule has 152 valence electrons. The summed E-state index contributed by atoms with van der Waals surface area (Å²) in [7, 11) is 0. The van der Waals surface area contributed by atoms with Crippen molar-refractivity contribution in [3.63, 3.8) is 0 Å². The Hall–Kier alpha value is -1.91. The van der Waals surface area contributed by atoms with Gasteiger partial charge in [0, 0.05) is 24.0 Å². The van der Waals surface area contributed by atoms with Crippen molar-refractivity contribution in [1.82, 2.24) is 0 Å². The lowest BCUT2D eigenvalue weighted by atomic mass is 10.0. The fraction of sp³-hybridized carbons (Fsp3) is 0.500. The van der Waals surface area contributed by atoms with E-state index < -0.39 is 0 Å². The molecule has 0 aromatic heterocycles. The van der Waals surface area contributed by atoms with Crippen molar-refractivity contribution in [1.29, 1.82) is 0 Å². The summed E-state index contributed by atoms with van der Waals surface area (Å²) in [5.41, 5.74) is 2.67. The van der Waals surface area contributed by atoms with E-state index in [-0.39, 0.29) is 12.1 Å². The van der Waals surface area contributed by atoms with Crippen LogP contribution in [0.2, 0.25) is 0 Å². The normalized spacial score (nSPS) is 19.5. The average molecular weight is 387 g/mol. The minimum Gasteiger partial charge on any atom is -0.494 e. The molecule has 4 heteroatoms. The topological polar surface area (TPSA) is 27.7 Å². The van der Waals surface area contributed by atoms with E-state index in [1.165, 1.54) is 18.1 Å². The number of benzene rings is 2. The molecule has 0 bridgehead atoms. The maximum Gasteiger partial charge on any atom is 0.157 e. The van der Waals surface area contributed by atoms with Crippen LogP contribution in [0, 0.1) is 11.7 Å². The van der Waals surface area contributed by atoms with Gasteiger partial charge in [0.1, 0.15) is 11.6 Å². The molecule has 1 aliphatic rings. The summed E-state index contributed by atoms with van der Waals surface area (Å²) < 4.78 is 31.6. The second kappa shape index (κ2) is 10.6. The third-order valence-electron chi connectivity index (χ3n) is 5.08. The third kappa shape index (κ3) is 5.79. The Bertz CT molecular complexity index is 721.